The van der Waals surface area contributed by atoms with Gasteiger partial charge in [-0.3, -0.25) is 0 Å². The topological polar surface area (TPSA) is 124 Å². The van der Waals surface area contributed by atoms with Crippen molar-refractivity contribution in [2.75, 3.05) is 22.9 Å². The van der Waals surface area contributed by atoms with Crippen LogP contribution in [0.4, 0.5) is 22.7 Å². The van der Waals surface area contributed by atoms with Crippen LogP contribution in [0.2, 0.25) is 0 Å². The molecule has 9 N–H and O–H groups in total. The third-order valence-electron chi connectivity index (χ3n) is 1.36. The molecule has 1 aromatic rings. The third-order valence-corrected chi connectivity index (χ3v) is 1.36. The number of phenols is 1. The van der Waals surface area contributed by atoms with Gasteiger partial charge in [0.1, 0.15) is 0 Å². The van der Waals surface area contributed by atoms with Crippen LogP contribution >= 0.6 is 0 Å². The zero-order valence-corrected chi connectivity index (χ0v) is 9.43. The number of nitrogen functional groups attached to an aromatic ring is 4. The summed E-state index contributed by atoms with van der Waals surface area (Å²) in [6.45, 7) is 0. The summed E-state index contributed by atoms with van der Waals surface area (Å²) in [6, 6.07) is 2.49. The van der Waals surface area contributed by atoms with Gasteiger partial charge >= 0.3 is 0 Å². The molecule has 0 aliphatic rings. The number of anilines is 4. The number of phenolic OH excluding ortho intramolecular Hbond substituents is 1. The molecule has 0 spiro atoms. The van der Waals surface area contributed by atoms with Gasteiger partial charge in [0.25, 0.3) is 0 Å². The van der Waals surface area contributed by atoms with Crippen LogP contribution in [0.15, 0.2) is 0 Å². The summed E-state index contributed by atoms with van der Waals surface area (Å²) in [5.74, 6) is -0.279. The number of nitrogens with two attached hydrogens (primary N) is 4. The standard InChI is InChI=1S/C6H9N4O.Zn/c7-2-1-3(8)5(10)6(11)4(2)9;/h11H,7-10H2;/q-1;. The Morgan fingerprint density at radius 1 is 0.917 bits per heavy atom. The van der Waals surface area contributed by atoms with Crippen molar-refractivity contribution in [2.45, 2.75) is 0 Å². The SMILES string of the molecule is Nc1[c-]c(N)c(N)c(O)c1N.[Zn]. The van der Waals surface area contributed by atoms with Gasteiger partial charge in [0.15, 0.2) is 0 Å². The predicted octanol–water partition coefficient (Wildman–Crippen LogP) is -0.481. The van der Waals surface area contributed by atoms with Crippen LogP contribution < -0.4 is 22.9 Å². The zero-order valence-electron chi connectivity index (χ0n) is 6.46. The van der Waals surface area contributed by atoms with Crippen molar-refractivity contribution < 1.29 is 24.6 Å². The molecule has 6 heteroatoms. The maximum atomic E-state index is 9.14. The van der Waals surface area contributed by atoms with Gasteiger partial charge in [0, 0.05) is 19.5 Å². The van der Waals surface area contributed by atoms with E-state index in [9.17, 15) is 0 Å². The second kappa shape index (κ2) is 3.49. The molecular formula is C6H9N4OZn-. The summed E-state index contributed by atoms with van der Waals surface area (Å²) >= 11 is 0. The molecule has 0 atom stereocenters. The number of hydrogen-bond acceptors (Lipinski definition) is 5. The summed E-state index contributed by atoms with van der Waals surface area (Å²) in [6.07, 6.45) is 0. The Bertz CT molecular complexity index is 276. The summed E-state index contributed by atoms with van der Waals surface area (Å²) in [4.78, 5) is 0. The quantitative estimate of drug-likeness (QED) is 0.174. The first-order chi connectivity index (χ1) is 5.04. The van der Waals surface area contributed by atoms with Gasteiger partial charge in [-0.15, -0.1) is 6.07 Å². The number of rotatable bonds is 0. The van der Waals surface area contributed by atoms with Crippen LogP contribution in [-0.2, 0) is 19.5 Å². The molecule has 12 heavy (non-hydrogen) atoms. The maximum absolute atomic E-state index is 9.14. The molecule has 5 nitrogen and oxygen atoms in total. The number of hydrogen-bond donors (Lipinski definition) is 5. The summed E-state index contributed by atoms with van der Waals surface area (Å²) in [5.41, 5.74) is 21.5. The first-order valence-corrected chi connectivity index (χ1v) is 2.88. The van der Waals surface area contributed by atoms with E-state index >= 15 is 0 Å². The van der Waals surface area contributed by atoms with Crippen LogP contribution in [0, 0.1) is 6.07 Å². The Labute approximate surface area is 82.5 Å². The molecule has 0 saturated carbocycles. The molecule has 1 rings (SSSR count). The van der Waals surface area contributed by atoms with Gasteiger partial charge in [-0.2, -0.15) is 0 Å². The van der Waals surface area contributed by atoms with Gasteiger partial charge in [-0.1, -0.05) is 11.4 Å². The monoisotopic (exact) mass is 217 g/mol. The third kappa shape index (κ3) is 1.53. The number of benzene rings is 1. The summed E-state index contributed by atoms with van der Waals surface area (Å²) < 4.78 is 0. The van der Waals surface area contributed by atoms with Crippen molar-refractivity contribution in [1.29, 1.82) is 0 Å². The Kier molecular flexibility index (Phi) is 3.16. The molecule has 0 bridgehead atoms. The molecule has 0 radical (unpaired) electrons. The molecule has 0 amide bonds. The van der Waals surface area contributed by atoms with Crippen molar-refractivity contribution in [3.8, 4) is 5.75 Å². The van der Waals surface area contributed by atoms with Gasteiger partial charge < -0.3 is 28.0 Å². The smallest absolute Gasteiger partial charge is 0.0563 e. The van der Waals surface area contributed by atoms with Crippen LogP contribution in [-0.4, -0.2) is 5.11 Å². The Balaban J connectivity index is 0.00000121. The van der Waals surface area contributed by atoms with Gasteiger partial charge in [-0.25, -0.2) is 0 Å². The van der Waals surface area contributed by atoms with Crippen LogP contribution in [0.3, 0.4) is 0 Å². The van der Waals surface area contributed by atoms with E-state index in [-0.39, 0.29) is 48.0 Å². The molecule has 62 valence electrons. The molecule has 1 aromatic carbocycles. The fraction of sp³-hybridized carbons (Fsp3) is 0. The fourth-order valence-electron chi connectivity index (χ4n) is 0.680. The molecule has 0 saturated heterocycles. The average Bonchev–Trinajstić information content (AvgIpc) is 1.97. The Hall–Kier alpha value is -1.16. The van der Waals surface area contributed by atoms with Crippen LogP contribution in [0.5, 0.6) is 5.75 Å². The first-order valence-electron chi connectivity index (χ1n) is 2.88. The Morgan fingerprint density at radius 3 is 1.58 bits per heavy atom. The average molecular weight is 219 g/mol. The number of aromatic hydroxyl groups is 1. The summed E-state index contributed by atoms with van der Waals surface area (Å²) in [5, 5.41) is 9.14. The Morgan fingerprint density at radius 2 is 1.25 bits per heavy atom. The van der Waals surface area contributed by atoms with E-state index in [2.05, 4.69) is 6.07 Å². The maximum Gasteiger partial charge on any atom is 0.0563 e. The minimum atomic E-state index is -0.279. The largest absolute Gasteiger partial charge is 0.529 e. The van der Waals surface area contributed by atoms with Crippen LogP contribution in [0.1, 0.15) is 0 Å². The molecule has 0 unspecified atom stereocenters. The normalized spacial score (nSPS) is 9.00. The van der Waals surface area contributed by atoms with E-state index in [1.54, 1.807) is 0 Å². The molecule has 0 aromatic heterocycles. The predicted molar refractivity (Wildman–Crippen MR) is 44.6 cm³/mol. The van der Waals surface area contributed by atoms with Crippen molar-refractivity contribution >= 4 is 22.7 Å². The van der Waals surface area contributed by atoms with E-state index in [0.717, 1.165) is 0 Å². The summed E-state index contributed by atoms with van der Waals surface area (Å²) in [7, 11) is 0. The second-order valence-corrected chi connectivity index (χ2v) is 2.13. The molecule has 0 aliphatic carbocycles. The van der Waals surface area contributed by atoms with Crippen molar-refractivity contribution in [2.24, 2.45) is 0 Å². The van der Waals surface area contributed by atoms with E-state index in [1.807, 2.05) is 0 Å². The van der Waals surface area contributed by atoms with Crippen LogP contribution in [0.25, 0.3) is 0 Å². The molecule has 0 aliphatic heterocycles. The van der Waals surface area contributed by atoms with E-state index in [4.69, 9.17) is 28.0 Å². The first kappa shape index (κ1) is 10.8. The minimum absolute atomic E-state index is 0. The van der Waals surface area contributed by atoms with E-state index < -0.39 is 0 Å². The van der Waals surface area contributed by atoms with Gasteiger partial charge in [-0.05, 0) is 11.4 Å². The molecular weight excluding hydrogens is 209 g/mol. The van der Waals surface area contributed by atoms with E-state index in [0.29, 0.717) is 0 Å². The van der Waals surface area contributed by atoms with Crippen molar-refractivity contribution in [3.05, 3.63) is 6.07 Å². The van der Waals surface area contributed by atoms with Crippen molar-refractivity contribution in [1.82, 2.24) is 0 Å². The molecule has 0 fully saturated rings. The zero-order chi connectivity index (χ0) is 8.59. The fourth-order valence-corrected chi connectivity index (χ4v) is 0.680. The molecule has 0 heterocycles. The van der Waals surface area contributed by atoms with E-state index in [1.165, 1.54) is 0 Å². The second-order valence-electron chi connectivity index (χ2n) is 2.13. The minimum Gasteiger partial charge on any atom is -0.529 e. The van der Waals surface area contributed by atoms with Gasteiger partial charge in [0.2, 0.25) is 0 Å². The van der Waals surface area contributed by atoms with Gasteiger partial charge in [0.05, 0.1) is 5.75 Å². The van der Waals surface area contributed by atoms with Crippen molar-refractivity contribution in [3.63, 3.8) is 0 Å².